The van der Waals surface area contributed by atoms with E-state index in [1.165, 1.54) is 0 Å². The number of hydrogen-bond acceptors (Lipinski definition) is 5. The lowest BCUT2D eigenvalue weighted by atomic mass is 10.1. The lowest BCUT2D eigenvalue weighted by Gasteiger charge is -2.33. The molecular formula is C19H24N2O4. The van der Waals surface area contributed by atoms with Gasteiger partial charge in [0.2, 0.25) is 0 Å². The number of ether oxygens (including phenoxy) is 2. The van der Waals surface area contributed by atoms with E-state index in [1.54, 1.807) is 14.0 Å². The minimum absolute atomic E-state index is 0.0152. The van der Waals surface area contributed by atoms with E-state index < -0.39 is 0 Å². The first kappa shape index (κ1) is 17.5. The van der Waals surface area contributed by atoms with Gasteiger partial charge in [0.05, 0.1) is 25.5 Å². The van der Waals surface area contributed by atoms with Crippen molar-refractivity contribution >= 4 is 5.91 Å². The predicted molar refractivity (Wildman–Crippen MR) is 93.0 cm³/mol. The Morgan fingerprint density at radius 3 is 2.80 bits per heavy atom. The Labute approximate surface area is 147 Å². The van der Waals surface area contributed by atoms with Gasteiger partial charge >= 0.3 is 0 Å². The van der Waals surface area contributed by atoms with Crippen molar-refractivity contribution in [3.8, 4) is 5.75 Å². The molecule has 1 aromatic heterocycles. The first-order valence-corrected chi connectivity index (χ1v) is 8.61. The number of methoxy groups -OCH3 is 1. The van der Waals surface area contributed by atoms with Gasteiger partial charge < -0.3 is 18.9 Å². The van der Waals surface area contributed by atoms with Crippen LogP contribution in [0.3, 0.4) is 0 Å². The second kappa shape index (κ2) is 7.70. The smallest absolute Gasteiger partial charge is 0.259 e. The second-order valence-corrected chi connectivity index (χ2v) is 6.21. The molecule has 3 rings (SSSR count). The molecule has 0 spiro atoms. The number of carbonyl (C=O) groups is 1. The van der Waals surface area contributed by atoms with Crippen molar-refractivity contribution in [1.29, 1.82) is 0 Å². The Morgan fingerprint density at radius 1 is 1.36 bits per heavy atom. The minimum Gasteiger partial charge on any atom is -0.497 e. The molecule has 1 atom stereocenters. The number of benzene rings is 1. The Hall–Kier alpha value is -2.34. The molecule has 0 saturated carbocycles. The SMILES string of the molecule is CCc1noc(C)c1C(=O)N1CCO[C@H](Cc2ccc(OC)cc2)C1. The van der Waals surface area contributed by atoms with Crippen molar-refractivity contribution in [2.45, 2.75) is 32.8 Å². The summed E-state index contributed by atoms with van der Waals surface area (Å²) in [6.07, 6.45) is 1.42. The fraction of sp³-hybridized carbons (Fsp3) is 0.474. The topological polar surface area (TPSA) is 64.8 Å². The van der Waals surface area contributed by atoms with Crippen LogP contribution in [0.1, 0.15) is 34.3 Å². The zero-order valence-electron chi connectivity index (χ0n) is 14.9. The molecule has 0 N–H and O–H groups in total. The summed E-state index contributed by atoms with van der Waals surface area (Å²) in [5.74, 6) is 1.40. The molecule has 1 amide bonds. The van der Waals surface area contributed by atoms with E-state index in [0.29, 0.717) is 37.4 Å². The maximum absolute atomic E-state index is 12.9. The summed E-state index contributed by atoms with van der Waals surface area (Å²) in [6, 6.07) is 7.94. The highest BCUT2D eigenvalue weighted by Crippen LogP contribution is 2.20. The van der Waals surface area contributed by atoms with Crippen molar-refractivity contribution in [3.05, 3.63) is 46.8 Å². The van der Waals surface area contributed by atoms with Crippen LogP contribution in [-0.4, -0.2) is 48.9 Å². The number of aryl methyl sites for hydroxylation is 2. The number of rotatable bonds is 5. The molecule has 6 nitrogen and oxygen atoms in total. The maximum atomic E-state index is 12.9. The van der Waals surface area contributed by atoms with Crippen LogP contribution in [0.2, 0.25) is 0 Å². The lowest BCUT2D eigenvalue weighted by Crippen LogP contribution is -2.46. The molecule has 1 fully saturated rings. The summed E-state index contributed by atoms with van der Waals surface area (Å²) in [5.41, 5.74) is 2.49. The molecule has 2 aromatic rings. The Kier molecular flexibility index (Phi) is 5.38. The number of hydrogen-bond donors (Lipinski definition) is 0. The normalized spacial score (nSPS) is 17.6. The highest BCUT2D eigenvalue weighted by Gasteiger charge is 2.29. The Balaban J connectivity index is 1.68. The molecule has 1 aromatic carbocycles. The molecule has 25 heavy (non-hydrogen) atoms. The van der Waals surface area contributed by atoms with Crippen LogP contribution < -0.4 is 4.74 Å². The number of aromatic nitrogens is 1. The molecule has 134 valence electrons. The van der Waals surface area contributed by atoms with Crippen molar-refractivity contribution < 1.29 is 18.8 Å². The third-order valence-corrected chi connectivity index (χ3v) is 4.53. The third kappa shape index (κ3) is 3.85. The third-order valence-electron chi connectivity index (χ3n) is 4.53. The van der Waals surface area contributed by atoms with Gasteiger partial charge in [0.1, 0.15) is 17.1 Å². The summed E-state index contributed by atoms with van der Waals surface area (Å²) in [6.45, 7) is 5.46. The van der Waals surface area contributed by atoms with Crippen LogP contribution in [0.5, 0.6) is 5.75 Å². The van der Waals surface area contributed by atoms with E-state index in [2.05, 4.69) is 5.16 Å². The Bertz CT molecular complexity index is 724. The van der Waals surface area contributed by atoms with E-state index >= 15 is 0 Å². The average molecular weight is 344 g/mol. The molecule has 0 aliphatic carbocycles. The van der Waals surface area contributed by atoms with E-state index in [-0.39, 0.29) is 12.0 Å². The first-order chi connectivity index (χ1) is 12.1. The van der Waals surface area contributed by atoms with Gasteiger partial charge in [0.25, 0.3) is 5.91 Å². The zero-order chi connectivity index (χ0) is 17.8. The highest BCUT2D eigenvalue weighted by atomic mass is 16.5. The van der Waals surface area contributed by atoms with Gasteiger partial charge in [-0.05, 0) is 31.0 Å². The predicted octanol–water partition coefficient (Wildman–Crippen LogP) is 2.64. The molecule has 1 aliphatic rings. The highest BCUT2D eigenvalue weighted by molar-refractivity contribution is 5.96. The van der Waals surface area contributed by atoms with Gasteiger partial charge in [0, 0.05) is 19.5 Å². The molecule has 6 heteroatoms. The van der Waals surface area contributed by atoms with Gasteiger partial charge in [0.15, 0.2) is 0 Å². The average Bonchev–Trinajstić information content (AvgIpc) is 3.02. The number of amides is 1. The van der Waals surface area contributed by atoms with Crippen LogP contribution in [0, 0.1) is 6.92 Å². The van der Waals surface area contributed by atoms with Crippen LogP contribution in [0.25, 0.3) is 0 Å². The van der Waals surface area contributed by atoms with E-state index in [9.17, 15) is 4.79 Å². The summed E-state index contributed by atoms with van der Waals surface area (Å²) >= 11 is 0. The van der Waals surface area contributed by atoms with Gasteiger partial charge in [-0.25, -0.2) is 0 Å². The monoisotopic (exact) mass is 344 g/mol. The van der Waals surface area contributed by atoms with Gasteiger partial charge in [-0.1, -0.05) is 24.2 Å². The molecule has 2 heterocycles. The van der Waals surface area contributed by atoms with Gasteiger partial charge in [-0.3, -0.25) is 4.79 Å². The Morgan fingerprint density at radius 2 is 2.12 bits per heavy atom. The summed E-state index contributed by atoms with van der Waals surface area (Å²) in [5, 5.41) is 3.99. The molecule has 0 bridgehead atoms. The quantitative estimate of drug-likeness (QED) is 0.834. The van der Waals surface area contributed by atoms with Crippen LogP contribution in [0.4, 0.5) is 0 Å². The van der Waals surface area contributed by atoms with E-state index in [4.69, 9.17) is 14.0 Å². The second-order valence-electron chi connectivity index (χ2n) is 6.21. The maximum Gasteiger partial charge on any atom is 0.259 e. The fourth-order valence-corrected chi connectivity index (χ4v) is 3.14. The molecule has 1 saturated heterocycles. The first-order valence-electron chi connectivity index (χ1n) is 8.61. The lowest BCUT2D eigenvalue weighted by molar-refractivity contribution is -0.0209. The zero-order valence-corrected chi connectivity index (χ0v) is 14.9. The summed E-state index contributed by atoms with van der Waals surface area (Å²) < 4.78 is 16.2. The number of carbonyl (C=O) groups excluding carboxylic acids is 1. The number of morpholine rings is 1. The van der Waals surface area contributed by atoms with Crippen molar-refractivity contribution in [1.82, 2.24) is 10.1 Å². The van der Waals surface area contributed by atoms with E-state index in [1.807, 2.05) is 36.1 Å². The fourth-order valence-electron chi connectivity index (χ4n) is 3.14. The largest absolute Gasteiger partial charge is 0.497 e. The molecule has 0 radical (unpaired) electrons. The molecule has 0 unspecified atom stereocenters. The van der Waals surface area contributed by atoms with E-state index in [0.717, 1.165) is 23.4 Å². The standard InChI is InChI=1S/C19H24N2O4/c1-4-17-18(13(2)25-20-17)19(22)21-9-10-24-16(12-21)11-14-5-7-15(23-3)8-6-14/h5-8,16H,4,9-12H2,1-3H3/t16-/m1/s1. The van der Waals surface area contributed by atoms with Gasteiger partial charge in [-0.15, -0.1) is 0 Å². The summed E-state index contributed by atoms with van der Waals surface area (Å²) in [4.78, 5) is 14.7. The van der Waals surface area contributed by atoms with Crippen molar-refractivity contribution in [2.24, 2.45) is 0 Å². The molecule has 1 aliphatic heterocycles. The van der Waals surface area contributed by atoms with Crippen molar-refractivity contribution in [2.75, 3.05) is 26.8 Å². The summed E-state index contributed by atoms with van der Waals surface area (Å²) in [7, 11) is 1.65. The van der Waals surface area contributed by atoms with Crippen molar-refractivity contribution in [3.63, 3.8) is 0 Å². The van der Waals surface area contributed by atoms with Crippen LogP contribution >= 0.6 is 0 Å². The van der Waals surface area contributed by atoms with Crippen LogP contribution in [-0.2, 0) is 17.6 Å². The number of nitrogens with zero attached hydrogens (tertiary/aromatic N) is 2. The van der Waals surface area contributed by atoms with Gasteiger partial charge in [-0.2, -0.15) is 0 Å². The molecular weight excluding hydrogens is 320 g/mol. The van der Waals surface area contributed by atoms with Crippen LogP contribution in [0.15, 0.2) is 28.8 Å². The minimum atomic E-state index is -0.0173.